The molecular weight excluding hydrogens is 337 g/mol. The molecular formula is C16H29Cl2N3O2. The van der Waals surface area contributed by atoms with Gasteiger partial charge in [0.1, 0.15) is 12.4 Å². The third-order valence-corrected chi connectivity index (χ3v) is 3.08. The number of nitrogens with zero attached hydrogens (tertiary/aromatic N) is 1. The normalized spacial score (nSPS) is 9.74. The largest absolute Gasteiger partial charge is 0.492 e. The maximum atomic E-state index is 11.7. The second-order valence-corrected chi connectivity index (χ2v) is 5.24. The van der Waals surface area contributed by atoms with Crippen LogP contribution in [-0.4, -0.2) is 51.6 Å². The lowest BCUT2D eigenvalue weighted by molar-refractivity contribution is -0.121. The molecule has 1 amide bonds. The van der Waals surface area contributed by atoms with Crippen LogP contribution in [0.3, 0.4) is 0 Å². The predicted octanol–water partition coefficient (Wildman–Crippen LogP) is 2.09. The summed E-state index contributed by atoms with van der Waals surface area (Å²) < 4.78 is 5.78. The van der Waals surface area contributed by atoms with Crippen LogP contribution in [0, 0.1) is 0 Å². The van der Waals surface area contributed by atoms with Gasteiger partial charge in [-0.15, -0.1) is 24.8 Å². The third-order valence-electron chi connectivity index (χ3n) is 3.08. The number of ether oxygens (including phenoxy) is 1. The van der Waals surface area contributed by atoms with E-state index in [1.165, 1.54) is 0 Å². The van der Waals surface area contributed by atoms with Gasteiger partial charge in [0.15, 0.2) is 0 Å². The second kappa shape index (κ2) is 14.6. The molecule has 0 bridgehead atoms. The highest BCUT2D eigenvalue weighted by molar-refractivity contribution is 5.85. The van der Waals surface area contributed by atoms with E-state index >= 15 is 0 Å². The van der Waals surface area contributed by atoms with Crippen molar-refractivity contribution in [3.8, 4) is 5.75 Å². The number of rotatable bonds is 10. The zero-order valence-electron chi connectivity index (χ0n) is 14.1. The molecule has 0 saturated heterocycles. The maximum Gasteiger partial charge on any atom is 0.220 e. The van der Waals surface area contributed by atoms with Crippen LogP contribution in [-0.2, 0) is 11.3 Å². The van der Waals surface area contributed by atoms with Gasteiger partial charge in [-0.2, -0.15) is 0 Å². The first-order valence-electron chi connectivity index (χ1n) is 7.40. The maximum absolute atomic E-state index is 11.7. The molecule has 0 radical (unpaired) electrons. The van der Waals surface area contributed by atoms with Crippen molar-refractivity contribution in [3.05, 3.63) is 29.8 Å². The number of carbonyl (C=O) groups is 1. The molecule has 23 heavy (non-hydrogen) atoms. The van der Waals surface area contributed by atoms with Crippen molar-refractivity contribution in [1.82, 2.24) is 15.5 Å². The summed E-state index contributed by atoms with van der Waals surface area (Å²) in [5, 5.41) is 5.97. The Morgan fingerprint density at radius 2 is 1.91 bits per heavy atom. The Morgan fingerprint density at radius 1 is 1.22 bits per heavy atom. The first-order chi connectivity index (χ1) is 10.1. The predicted molar refractivity (Wildman–Crippen MR) is 100.0 cm³/mol. The number of nitrogens with one attached hydrogen (secondary N) is 2. The van der Waals surface area contributed by atoms with Crippen LogP contribution in [0.15, 0.2) is 24.3 Å². The molecule has 0 unspecified atom stereocenters. The highest BCUT2D eigenvalue weighted by atomic mass is 35.5. The molecule has 0 aliphatic heterocycles. The van der Waals surface area contributed by atoms with E-state index in [9.17, 15) is 4.79 Å². The molecule has 1 aromatic carbocycles. The van der Waals surface area contributed by atoms with Crippen molar-refractivity contribution < 1.29 is 9.53 Å². The van der Waals surface area contributed by atoms with E-state index in [1.54, 1.807) is 0 Å². The summed E-state index contributed by atoms with van der Waals surface area (Å²) in [6.45, 7) is 2.87. The Bertz CT molecular complexity index is 432. The molecule has 1 aromatic rings. The number of likely N-dealkylation sites (N-methyl/N-ethyl adjacent to an activating group) is 1. The Labute approximate surface area is 152 Å². The van der Waals surface area contributed by atoms with Gasteiger partial charge in [-0.25, -0.2) is 0 Å². The number of hydrogen-bond donors (Lipinski definition) is 2. The summed E-state index contributed by atoms with van der Waals surface area (Å²) in [7, 11) is 5.92. The van der Waals surface area contributed by atoms with Crippen molar-refractivity contribution in [1.29, 1.82) is 0 Å². The summed E-state index contributed by atoms with van der Waals surface area (Å²) in [6, 6.07) is 7.83. The molecule has 0 spiro atoms. The van der Waals surface area contributed by atoms with Gasteiger partial charge in [0.05, 0.1) is 0 Å². The smallest absolute Gasteiger partial charge is 0.220 e. The molecule has 0 aromatic heterocycles. The fourth-order valence-electron chi connectivity index (χ4n) is 1.84. The van der Waals surface area contributed by atoms with Crippen LogP contribution >= 0.6 is 24.8 Å². The summed E-state index contributed by atoms with van der Waals surface area (Å²) in [4.78, 5) is 13.8. The van der Waals surface area contributed by atoms with E-state index in [2.05, 4.69) is 15.5 Å². The summed E-state index contributed by atoms with van der Waals surface area (Å²) in [5.74, 6) is 0.920. The highest BCUT2D eigenvalue weighted by Crippen LogP contribution is 2.17. The second-order valence-electron chi connectivity index (χ2n) is 5.24. The minimum atomic E-state index is 0. The lowest BCUT2D eigenvalue weighted by Crippen LogP contribution is -2.24. The van der Waals surface area contributed by atoms with Crippen molar-refractivity contribution in [2.24, 2.45) is 0 Å². The van der Waals surface area contributed by atoms with Crippen LogP contribution < -0.4 is 15.4 Å². The summed E-state index contributed by atoms with van der Waals surface area (Å²) in [6.07, 6.45) is 1.40. The minimum Gasteiger partial charge on any atom is -0.492 e. The van der Waals surface area contributed by atoms with Crippen LogP contribution in [0.25, 0.3) is 0 Å². The average molecular weight is 366 g/mol. The van der Waals surface area contributed by atoms with Gasteiger partial charge in [-0.05, 0) is 40.2 Å². The average Bonchev–Trinajstić information content (AvgIpc) is 2.46. The Kier molecular flexibility index (Phi) is 15.4. The Balaban J connectivity index is 0. The number of hydrogen-bond acceptors (Lipinski definition) is 4. The standard InChI is InChI=1S/C16H27N3O2.2ClH/c1-17-10-6-9-16(20)18-13-14-7-4-5-8-15(14)21-12-11-19(2)3;;/h4-5,7-8,17H,6,9-13H2,1-3H3,(H,18,20);2*1H. The number of carbonyl (C=O) groups excluding carboxylic acids is 1. The quantitative estimate of drug-likeness (QED) is 0.623. The lowest BCUT2D eigenvalue weighted by atomic mass is 10.2. The zero-order chi connectivity index (χ0) is 15.5. The molecule has 2 N–H and O–H groups in total. The fraction of sp³-hybridized carbons (Fsp3) is 0.562. The molecule has 0 heterocycles. The van der Waals surface area contributed by atoms with E-state index in [0.29, 0.717) is 19.6 Å². The Hall–Kier alpha value is -1.01. The van der Waals surface area contributed by atoms with Gasteiger partial charge in [-0.3, -0.25) is 4.79 Å². The van der Waals surface area contributed by atoms with Crippen LogP contribution in [0.2, 0.25) is 0 Å². The van der Waals surface area contributed by atoms with Gasteiger partial charge in [-0.1, -0.05) is 18.2 Å². The van der Waals surface area contributed by atoms with Crippen LogP contribution in [0.5, 0.6) is 5.75 Å². The molecule has 5 nitrogen and oxygen atoms in total. The Morgan fingerprint density at radius 3 is 2.57 bits per heavy atom. The fourth-order valence-corrected chi connectivity index (χ4v) is 1.84. The van der Waals surface area contributed by atoms with Crippen LogP contribution in [0.1, 0.15) is 18.4 Å². The van der Waals surface area contributed by atoms with E-state index in [0.717, 1.165) is 30.8 Å². The molecule has 0 saturated carbocycles. The molecule has 0 atom stereocenters. The number of para-hydroxylation sites is 1. The number of benzene rings is 1. The lowest BCUT2D eigenvalue weighted by Gasteiger charge is -2.14. The van der Waals surface area contributed by atoms with Gasteiger partial charge >= 0.3 is 0 Å². The van der Waals surface area contributed by atoms with Gasteiger partial charge in [0.25, 0.3) is 0 Å². The molecule has 134 valence electrons. The summed E-state index contributed by atoms with van der Waals surface area (Å²) >= 11 is 0. The molecule has 7 heteroatoms. The topological polar surface area (TPSA) is 53.6 Å². The molecule has 0 aliphatic carbocycles. The third kappa shape index (κ3) is 11.2. The van der Waals surface area contributed by atoms with E-state index in [1.807, 2.05) is 45.4 Å². The number of amides is 1. The van der Waals surface area contributed by atoms with E-state index in [-0.39, 0.29) is 30.7 Å². The first kappa shape index (κ1) is 24.2. The highest BCUT2D eigenvalue weighted by Gasteiger charge is 2.06. The molecule has 0 aliphatic rings. The van der Waals surface area contributed by atoms with Gasteiger partial charge in [0, 0.05) is 25.1 Å². The monoisotopic (exact) mass is 365 g/mol. The van der Waals surface area contributed by atoms with Crippen molar-refractivity contribution >= 4 is 30.7 Å². The molecule has 1 rings (SSSR count). The van der Waals surface area contributed by atoms with Crippen molar-refractivity contribution in [2.45, 2.75) is 19.4 Å². The van der Waals surface area contributed by atoms with Crippen molar-refractivity contribution in [3.63, 3.8) is 0 Å². The van der Waals surface area contributed by atoms with Crippen LogP contribution in [0.4, 0.5) is 0 Å². The molecule has 0 fully saturated rings. The SMILES string of the molecule is CNCCCC(=O)NCc1ccccc1OCCN(C)C.Cl.Cl. The number of halogens is 2. The van der Waals surface area contributed by atoms with Crippen molar-refractivity contribution in [2.75, 3.05) is 40.8 Å². The minimum absolute atomic E-state index is 0. The van der Waals surface area contributed by atoms with Gasteiger partial charge in [0.2, 0.25) is 5.91 Å². The van der Waals surface area contributed by atoms with E-state index in [4.69, 9.17) is 4.74 Å². The van der Waals surface area contributed by atoms with Gasteiger partial charge < -0.3 is 20.3 Å². The first-order valence-corrected chi connectivity index (χ1v) is 7.40. The van der Waals surface area contributed by atoms with E-state index < -0.39 is 0 Å². The summed E-state index contributed by atoms with van der Waals surface area (Å²) in [5.41, 5.74) is 1.01. The zero-order valence-corrected chi connectivity index (χ0v) is 15.8.